The van der Waals surface area contributed by atoms with Gasteiger partial charge in [0.15, 0.2) is 0 Å². The molecule has 4 aromatic heterocycles. The Labute approximate surface area is 253 Å². The number of aromatic nitrogens is 2. The minimum atomic E-state index is -0.0386. The highest BCUT2D eigenvalue weighted by Crippen LogP contribution is 2.36. The minimum Gasteiger partial charge on any atom is -0.691 e. The Morgan fingerprint density at radius 3 is 1.90 bits per heavy atom. The molecule has 4 aromatic carbocycles. The smallest absolute Gasteiger partial charge is 0.236 e. The van der Waals surface area contributed by atoms with Crippen molar-refractivity contribution in [1.82, 2.24) is 0 Å². The summed E-state index contributed by atoms with van der Waals surface area (Å²) in [4.78, 5) is 0. The molecule has 10 heteroatoms. The van der Waals surface area contributed by atoms with Gasteiger partial charge in [-0.05, 0) is 12.1 Å². The van der Waals surface area contributed by atoms with Crippen molar-refractivity contribution < 1.29 is 32.6 Å². The molecule has 0 spiro atoms. The lowest BCUT2D eigenvalue weighted by Crippen LogP contribution is -2.38. The van der Waals surface area contributed by atoms with Crippen molar-refractivity contribution in [3.8, 4) is 0 Å². The average molecular weight is 616 g/mol. The number of rotatable bonds is 5. The SMILES string of the molecule is CCC(SOO[O-])[n+]1c(C)sc2cc3oc4ccccc4c3cc21.Cc1sc2cc3oc4ccccc4c3cc2[n+]1C. The van der Waals surface area contributed by atoms with E-state index in [1.807, 2.05) is 37.3 Å². The van der Waals surface area contributed by atoms with Gasteiger partial charge in [-0.25, -0.2) is 0 Å². The van der Waals surface area contributed by atoms with E-state index in [9.17, 15) is 5.26 Å². The molecule has 0 aliphatic heterocycles. The molecule has 0 N–H and O–H groups in total. The van der Waals surface area contributed by atoms with E-state index in [2.05, 4.69) is 81.9 Å². The third-order valence-electron chi connectivity index (χ3n) is 7.68. The number of benzene rings is 4. The molecule has 0 radical (unpaired) electrons. The van der Waals surface area contributed by atoms with E-state index < -0.39 is 0 Å². The first kappa shape index (κ1) is 27.3. The van der Waals surface area contributed by atoms with E-state index in [1.165, 1.54) is 26.0 Å². The summed E-state index contributed by atoms with van der Waals surface area (Å²) in [5.74, 6) is 0. The molecule has 42 heavy (non-hydrogen) atoms. The maximum absolute atomic E-state index is 10.2. The predicted octanol–water partition coefficient (Wildman–Crippen LogP) is 8.11. The molecule has 0 fully saturated rings. The van der Waals surface area contributed by atoms with E-state index in [0.717, 1.165) is 66.8 Å². The number of furan rings is 2. The van der Waals surface area contributed by atoms with Gasteiger partial charge < -0.3 is 14.1 Å². The number of fused-ring (bicyclic) bond motifs is 8. The Hall–Kier alpha value is -3.51. The summed E-state index contributed by atoms with van der Waals surface area (Å²) >= 11 is 4.53. The summed E-state index contributed by atoms with van der Waals surface area (Å²) in [5.41, 5.74) is 6.09. The van der Waals surface area contributed by atoms with Gasteiger partial charge in [-0.1, -0.05) is 66.0 Å². The fraction of sp³-hybridized carbons (Fsp3) is 0.188. The lowest BCUT2D eigenvalue weighted by atomic mass is 10.1. The van der Waals surface area contributed by atoms with Crippen LogP contribution in [-0.2, 0) is 16.4 Å². The molecular formula is C32H27N2O5S3+. The molecule has 8 aromatic rings. The molecule has 212 valence electrons. The molecule has 8 rings (SSSR count). The van der Waals surface area contributed by atoms with Crippen LogP contribution in [0.25, 0.3) is 64.3 Å². The van der Waals surface area contributed by atoms with Gasteiger partial charge in [0.2, 0.25) is 26.4 Å². The predicted molar refractivity (Wildman–Crippen MR) is 168 cm³/mol. The lowest BCUT2D eigenvalue weighted by molar-refractivity contribution is -0.778. The zero-order chi connectivity index (χ0) is 29.0. The van der Waals surface area contributed by atoms with Crippen molar-refractivity contribution in [1.29, 1.82) is 0 Å². The number of para-hydroxylation sites is 2. The van der Waals surface area contributed by atoms with Gasteiger partial charge in [-0.3, -0.25) is 5.04 Å². The topological polar surface area (TPSA) is 75.6 Å². The van der Waals surface area contributed by atoms with Crippen LogP contribution >= 0.6 is 34.7 Å². The molecule has 0 saturated heterocycles. The van der Waals surface area contributed by atoms with Crippen LogP contribution in [0.2, 0.25) is 0 Å². The normalized spacial score (nSPS) is 12.7. The van der Waals surface area contributed by atoms with Gasteiger partial charge in [0.25, 0.3) is 0 Å². The van der Waals surface area contributed by atoms with Gasteiger partial charge in [0.05, 0.1) is 0 Å². The Bertz CT molecular complexity index is 2240. The number of nitrogens with zero attached hydrogens (tertiary/aromatic N) is 2. The highest BCUT2D eigenvalue weighted by molar-refractivity contribution is 7.94. The molecule has 7 nitrogen and oxygen atoms in total. The summed E-state index contributed by atoms with van der Waals surface area (Å²) in [7, 11) is 2.11. The van der Waals surface area contributed by atoms with Crippen LogP contribution < -0.4 is 14.4 Å². The highest BCUT2D eigenvalue weighted by atomic mass is 32.2. The standard InChI is InChI=1S/C17H15NO4S2.C15H12NOS/c1-3-17(24-22-21-19)18-10(2)23-16-9-15-12(8-13(16)18)11-6-4-5-7-14(11)20-15;1-9-16(2)12-7-11-10-5-3-4-6-13(10)17-14(11)8-15(12)18-9/h4-9,17H,3H2,1-2H3;3-8H,1-2H3/q;+1. The van der Waals surface area contributed by atoms with Crippen LogP contribution in [0.5, 0.6) is 0 Å². The second-order valence-corrected chi connectivity index (χ2v) is 13.4. The van der Waals surface area contributed by atoms with E-state index in [-0.39, 0.29) is 5.37 Å². The van der Waals surface area contributed by atoms with Gasteiger partial charge in [0, 0.05) is 66.1 Å². The van der Waals surface area contributed by atoms with Crippen LogP contribution in [-0.4, -0.2) is 0 Å². The Morgan fingerprint density at radius 2 is 1.31 bits per heavy atom. The van der Waals surface area contributed by atoms with E-state index in [0.29, 0.717) is 0 Å². The molecular weight excluding hydrogens is 589 g/mol. The Balaban J connectivity index is 0.000000142. The summed E-state index contributed by atoms with van der Waals surface area (Å²) in [6.07, 6.45) is 0.801. The van der Waals surface area contributed by atoms with E-state index in [4.69, 9.17) is 8.83 Å². The van der Waals surface area contributed by atoms with Crippen molar-refractivity contribution >= 4 is 99.0 Å². The Kier molecular flexibility index (Phi) is 7.13. The first-order chi connectivity index (χ1) is 20.5. The average Bonchev–Trinajstić information content (AvgIpc) is 3.72. The second kappa shape index (κ2) is 11.0. The molecule has 0 aliphatic carbocycles. The van der Waals surface area contributed by atoms with Crippen molar-refractivity contribution in [2.24, 2.45) is 7.05 Å². The van der Waals surface area contributed by atoms with Crippen molar-refractivity contribution in [3.05, 3.63) is 82.8 Å². The zero-order valence-electron chi connectivity index (χ0n) is 23.4. The fourth-order valence-electron chi connectivity index (χ4n) is 5.58. The van der Waals surface area contributed by atoms with Crippen LogP contribution in [0.1, 0.15) is 28.7 Å². The van der Waals surface area contributed by atoms with Gasteiger partial charge >= 0.3 is 0 Å². The molecule has 1 unspecified atom stereocenters. The first-order valence-corrected chi connectivity index (χ1v) is 16.0. The number of aryl methyl sites for hydroxylation is 3. The molecule has 1 atom stereocenters. The van der Waals surface area contributed by atoms with Crippen LogP contribution in [0, 0.1) is 13.8 Å². The summed E-state index contributed by atoms with van der Waals surface area (Å²) in [6, 6.07) is 24.9. The van der Waals surface area contributed by atoms with Crippen LogP contribution in [0.4, 0.5) is 0 Å². The molecule has 0 amide bonds. The molecule has 0 bridgehead atoms. The van der Waals surface area contributed by atoms with Crippen molar-refractivity contribution in [3.63, 3.8) is 0 Å². The third-order valence-corrected chi connectivity index (χ3v) is 10.7. The fourth-order valence-corrected chi connectivity index (χ4v) is 8.36. The third kappa shape index (κ3) is 4.55. The molecule has 4 heterocycles. The first-order valence-electron chi connectivity index (χ1n) is 13.5. The second-order valence-electron chi connectivity index (χ2n) is 10.1. The van der Waals surface area contributed by atoms with Crippen molar-refractivity contribution in [2.75, 3.05) is 0 Å². The molecule has 0 aliphatic rings. The largest absolute Gasteiger partial charge is 0.691 e. The van der Waals surface area contributed by atoms with Crippen LogP contribution in [0.15, 0.2) is 81.6 Å². The summed E-state index contributed by atoms with van der Waals surface area (Å²) in [6.45, 7) is 6.25. The lowest BCUT2D eigenvalue weighted by Gasteiger charge is -2.10. The van der Waals surface area contributed by atoms with Crippen LogP contribution in [0.3, 0.4) is 0 Å². The number of hydrogen-bond donors (Lipinski definition) is 0. The highest BCUT2D eigenvalue weighted by Gasteiger charge is 2.28. The quantitative estimate of drug-likeness (QED) is 0.0843. The summed E-state index contributed by atoms with van der Waals surface area (Å²) < 4.78 is 23.3. The monoisotopic (exact) mass is 615 g/mol. The number of thiazole rings is 2. The minimum absolute atomic E-state index is 0.0386. The van der Waals surface area contributed by atoms with E-state index >= 15 is 0 Å². The molecule has 0 saturated carbocycles. The maximum Gasteiger partial charge on any atom is 0.236 e. The van der Waals surface area contributed by atoms with Gasteiger partial charge in [-0.2, -0.15) is 13.5 Å². The summed E-state index contributed by atoms with van der Waals surface area (Å²) in [5, 5.41) is 20.7. The van der Waals surface area contributed by atoms with Gasteiger partial charge in [-0.15, -0.1) is 0 Å². The number of hydrogen-bond acceptors (Lipinski definition) is 8. The van der Waals surface area contributed by atoms with Crippen molar-refractivity contribution in [2.45, 2.75) is 32.6 Å². The zero-order valence-corrected chi connectivity index (χ0v) is 25.8. The Morgan fingerprint density at radius 1 is 0.762 bits per heavy atom. The maximum atomic E-state index is 10.2. The van der Waals surface area contributed by atoms with Gasteiger partial charge in [0.1, 0.15) is 50.8 Å². The van der Waals surface area contributed by atoms with E-state index in [1.54, 1.807) is 22.7 Å².